The fraction of sp³-hybridized carbons (Fsp3) is 0.350. The summed E-state index contributed by atoms with van der Waals surface area (Å²) in [5.41, 5.74) is 7.81. The number of nitrogens with two attached hydrogens (primary N) is 1. The minimum Gasteiger partial charge on any atom is -0.454 e. The largest absolute Gasteiger partial charge is 0.454 e. The predicted octanol–water partition coefficient (Wildman–Crippen LogP) is 2.28. The molecule has 0 unspecified atom stereocenters. The summed E-state index contributed by atoms with van der Waals surface area (Å²) in [6.45, 7) is 4.27. The maximum absolute atomic E-state index is 13.1. The first kappa shape index (κ1) is 16.9. The molecule has 144 valence electrons. The van der Waals surface area contributed by atoms with E-state index in [1.54, 1.807) is 6.07 Å². The van der Waals surface area contributed by atoms with E-state index in [9.17, 15) is 9.59 Å². The third kappa shape index (κ3) is 2.48. The Kier molecular flexibility index (Phi) is 3.37. The van der Waals surface area contributed by atoms with E-state index in [-0.39, 0.29) is 29.5 Å². The maximum Gasteiger partial charge on any atom is 0.258 e. The van der Waals surface area contributed by atoms with Crippen LogP contribution in [0, 0.1) is 5.41 Å². The van der Waals surface area contributed by atoms with Crippen molar-refractivity contribution in [2.24, 2.45) is 5.41 Å². The average molecular weight is 380 g/mol. The van der Waals surface area contributed by atoms with Crippen molar-refractivity contribution in [2.75, 3.05) is 17.8 Å². The van der Waals surface area contributed by atoms with Gasteiger partial charge in [0.2, 0.25) is 12.7 Å². The van der Waals surface area contributed by atoms with Crippen molar-refractivity contribution >= 4 is 17.5 Å². The lowest BCUT2D eigenvalue weighted by Gasteiger charge is -2.38. The molecule has 4 N–H and O–H groups in total. The Balaban J connectivity index is 1.76. The van der Waals surface area contributed by atoms with Crippen LogP contribution in [0.25, 0.3) is 0 Å². The number of ether oxygens (including phenoxy) is 2. The normalized spacial score (nSPS) is 21.8. The zero-order valence-electron chi connectivity index (χ0n) is 15.6. The molecule has 5 rings (SSSR count). The summed E-state index contributed by atoms with van der Waals surface area (Å²) in [5, 5.41) is 3.21. The first-order valence-electron chi connectivity index (χ1n) is 9.15. The van der Waals surface area contributed by atoms with Crippen molar-refractivity contribution in [2.45, 2.75) is 32.6 Å². The average Bonchev–Trinajstić information content (AvgIpc) is 3.06. The lowest BCUT2D eigenvalue weighted by molar-refractivity contribution is -0.118. The number of hydrogen-bond acceptors (Lipinski definition) is 7. The SMILES string of the molecule is CC1(C)CC(=O)C2=C(C1)Nc1nc(N)[nH]c(=O)c1[C@H]2c1ccc2c(c1)OCO2. The van der Waals surface area contributed by atoms with Crippen molar-refractivity contribution < 1.29 is 14.3 Å². The summed E-state index contributed by atoms with van der Waals surface area (Å²) >= 11 is 0. The Bertz CT molecular complexity index is 1120. The number of ketones is 1. The van der Waals surface area contributed by atoms with Gasteiger partial charge in [-0.15, -0.1) is 0 Å². The van der Waals surface area contributed by atoms with E-state index in [1.165, 1.54) is 0 Å². The van der Waals surface area contributed by atoms with Gasteiger partial charge in [0.1, 0.15) is 5.82 Å². The van der Waals surface area contributed by atoms with Crippen LogP contribution in [-0.2, 0) is 4.79 Å². The second-order valence-electron chi connectivity index (χ2n) is 8.22. The van der Waals surface area contributed by atoms with Gasteiger partial charge >= 0.3 is 0 Å². The fourth-order valence-electron chi connectivity index (χ4n) is 4.36. The number of fused-ring (bicyclic) bond motifs is 2. The number of nitrogens with one attached hydrogen (secondary N) is 2. The smallest absolute Gasteiger partial charge is 0.258 e. The summed E-state index contributed by atoms with van der Waals surface area (Å²) in [4.78, 5) is 32.8. The first-order valence-corrected chi connectivity index (χ1v) is 9.15. The highest BCUT2D eigenvalue weighted by Gasteiger charge is 2.42. The number of anilines is 2. The van der Waals surface area contributed by atoms with Gasteiger partial charge in [-0.1, -0.05) is 19.9 Å². The van der Waals surface area contributed by atoms with Gasteiger partial charge in [0.15, 0.2) is 17.3 Å². The predicted molar refractivity (Wildman–Crippen MR) is 102 cm³/mol. The molecule has 0 fully saturated rings. The van der Waals surface area contributed by atoms with Gasteiger partial charge in [-0.3, -0.25) is 14.6 Å². The molecule has 0 radical (unpaired) electrons. The molecule has 0 spiro atoms. The summed E-state index contributed by atoms with van der Waals surface area (Å²) in [5.74, 6) is 1.17. The van der Waals surface area contributed by atoms with Crippen molar-refractivity contribution in [3.63, 3.8) is 0 Å². The third-order valence-corrected chi connectivity index (χ3v) is 5.47. The Morgan fingerprint density at radius 2 is 1.96 bits per heavy atom. The Labute approximate surface area is 160 Å². The number of carbonyl (C=O) groups excluding carboxylic acids is 1. The second-order valence-corrected chi connectivity index (χ2v) is 8.22. The standard InChI is InChI=1S/C20H20N4O4/c1-20(2)6-10-15(11(25)7-20)14(9-3-4-12-13(5-9)28-8-27-12)16-17(22-10)23-19(21)24-18(16)26/h3-5,14H,6-8H2,1-2H3,(H4,21,22,23,24,26)/t14-/m0/s1. The maximum atomic E-state index is 13.1. The number of H-pyrrole nitrogens is 1. The van der Waals surface area contributed by atoms with Crippen molar-refractivity contribution in [1.29, 1.82) is 0 Å². The number of carbonyl (C=O) groups is 1. The molecule has 0 saturated heterocycles. The lowest BCUT2D eigenvalue weighted by atomic mass is 9.69. The van der Waals surface area contributed by atoms with E-state index in [1.807, 2.05) is 12.1 Å². The van der Waals surface area contributed by atoms with E-state index >= 15 is 0 Å². The molecule has 8 nitrogen and oxygen atoms in total. The van der Waals surface area contributed by atoms with Crippen molar-refractivity contribution in [1.82, 2.24) is 9.97 Å². The summed E-state index contributed by atoms with van der Waals surface area (Å²) in [6.07, 6.45) is 1.10. The molecule has 0 amide bonds. The van der Waals surface area contributed by atoms with Crippen LogP contribution >= 0.6 is 0 Å². The molecule has 1 aromatic carbocycles. The van der Waals surface area contributed by atoms with Gasteiger partial charge in [0.25, 0.3) is 5.56 Å². The number of Topliss-reactive ketones (excluding diaryl/α,β-unsaturated/α-hetero) is 1. The molecule has 8 heteroatoms. The number of hydrogen-bond donors (Lipinski definition) is 3. The molecule has 2 aliphatic heterocycles. The quantitative estimate of drug-likeness (QED) is 0.694. The number of nitrogens with zero attached hydrogens (tertiary/aromatic N) is 1. The van der Waals surface area contributed by atoms with Gasteiger partial charge in [0, 0.05) is 23.6 Å². The van der Waals surface area contributed by atoms with E-state index in [0.717, 1.165) is 11.3 Å². The highest BCUT2D eigenvalue weighted by molar-refractivity contribution is 6.01. The van der Waals surface area contributed by atoms with Gasteiger partial charge in [-0.2, -0.15) is 4.98 Å². The molecule has 2 aromatic rings. The molecule has 1 atom stereocenters. The Hall–Kier alpha value is -3.29. The van der Waals surface area contributed by atoms with Crippen LogP contribution in [-0.4, -0.2) is 22.5 Å². The van der Waals surface area contributed by atoms with Gasteiger partial charge in [-0.25, -0.2) is 0 Å². The number of allylic oxidation sites excluding steroid dienone is 2. The molecule has 28 heavy (non-hydrogen) atoms. The van der Waals surface area contributed by atoms with Crippen LogP contribution in [0.4, 0.5) is 11.8 Å². The first-order chi connectivity index (χ1) is 13.3. The van der Waals surface area contributed by atoms with Crippen molar-refractivity contribution in [3.05, 3.63) is 50.9 Å². The number of rotatable bonds is 1. The lowest BCUT2D eigenvalue weighted by Crippen LogP contribution is -2.37. The van der Waals surface area contributed by atoms with Crippen LogP contribution in [0.3, 0.4) is 0 Å². The Morgan fingerprint density at radius 1 is 1.18 bits per heavy atom. The third-order valence-electron chi connectivity index (χ3n) is 5.47. The van der Waals surface area contributed by atoms with E-state index in [2.05, 4.69) is 29.1 Å². The van der Waals surface area contributed by atoms with Gasteiger partial charge < -0.3 is 20.5 Å². The van der Waals surface area contributed by atoms with Gasteiger partial charge in [-0.05, 0) is 29.5 Å². The van der Waals surface area contributed by atoms with Crippen LogP contribution in [0.15, 0.2) is 34.3 Å². The molecule has 0 bridgehead atoms. The molecular weight excluding hydrogens is 360 g/mol. The molecule has 0 saturated carbocycles. The fourth-order valence-corrected chi connectivity index (χ4v) is 4.36. The molecule has 1 aromatic heterocycles. The highest BCUT2D eigenvalue weighted by Crippen LogP contribution is 2.48. The molecule has 3 aliphatic rings. The monoisotopic (exact) mass is 380 g/mol. The minimum absolute atomic E-state index is 0.0308. The zero-order valence-corrected chi connectivity index (χ0v) is 15.6. The topological polar surface area (TPSA) is 119 Å². The number of benzene rings is 1. The number of aromatic nitrogens is 2. The van der Waals surface area contributed by atoms with Crippen LogP contribution in [0.1, 0.15) is 43.7 Å². The van der Waals surface area contributed by atoms with Gasteiger partial charge in [0.05, 0.1) is 5.56 Å². The molecule has 1 aliphatic carbocycles. The number of aromatic amines is 1. The van der Waals surface area contributed by atoms with E-state index in [0.29, 0.717) is 41.3 Å². The second kappa shape index (κ2) is 5.60. The van der Waals surface area contributed by atoms with Crippen LogP contribution < -0.4 is 26.1 Å². The Morgan fingerprint density at radius 3 is 2.79 bits per heavy atom. The summed E-state index contributed by atoms with van der Waals surface area (Å²) in [7, 11) is 0. The highest BCUT2D eigenvalue weighted by atomic mass is 16.7. The van der Waals surface area contributed by atoms with Crippen LogP contribution in [0.5, 0.6) is 11.5 Å². The van der Waals surface area contributed by atoms with Crippen molar-refractivity contribution in [3.8, 4) is 11.5 Å². The molecular formula is C20H20N4O4. The number of nitrogen functional groups attached to an aromatic ring is 1. The summed E-state index contributed by atoms with van der Waals surface area (Å²) < 4.78 is 10.9. The van der Waals surface area contributed by atoms with E-state index < -0.39 is 5.92 Å². The van der Waals surface area contributed by atoms with E-state index in [4.69, 9.17) is 15.2 Å². The van der Waals surface area contributed by atoms with Crippen LogP contribution in [0.2, 0.25) is 0 Å². The molecule has 3 heterocycles. The summed E-state index contributed by atoms with van der Waals surface area (Å²) in [6, 6.07) is 5.49. The minimum atomic E-state index is -0.541. The zero-order chi connectivity index (χ0) is 19.6.